The van der Waals surface area contributed by atoms with Crippen molar-refractivity contribution in [3.8, 4) is 22.8 Å². The van der Waals surface area contributed by atoms with Crippen molar-refractivity contribution in [3.05, 3.63) is 98.7 Å². The largest absolute Gasteiger partial charge is 0.457 e. The lowest BCUT2D eigenvalue weighted by atomic mass is 10.1. The minimum absolute atomic E-state index is 0.378. The molecule has 5 rings (SSSR count). The van der Waals surface area contributed by atoms with Crippen molar-refractivity contribution in [1.29, 1.82) is 0 Å². The van der Waals surface area contributed by atoms with E-state index in [-0.39, 0.29) is 5.91 Å². The van der Waals surface area contributed by atoms with Gasteiger partial charge in [-0.25, -0.2) is 4.98 Å². The van der Waals surface area contributed by atoms with Gasteiger partial charge in [0, 0.05) is 17.2 Å². The van der Waals surface area contributed by atoms with E-state index >= 15 is 0 Å². The highest BCUT2D eigenvalue weighted by Crippen LogP contribution is 2.35. The van der Waals surface area contributed by atoms with Crippen LogP contribution in [0.4, 0.5) is 5.69 Å². The molecule has 2 heterocycles. The quantitative estimate of drug-likeness (QED) is 0.227. The molecule has 2 aromatic heterocycles. The fourth-order valence-electron chi connectivity index (χ4n) is 3.87. The van der Waals surface area contributed by atoms with Gasteiger partial charge in [-0.15, -0.1) is 0 Å². The molecular weight excluding hydrogens is 519 g/mol. The number of rotatable bonds is 5. The molecule has 3 aromatic carbocycles. The van der Waals surface area contributed by atoms with Gasteiger partial charge in [-0.2, -0.15) is 0 Å². The Balaban J connectivity index is 1.34. The Hall–Kier alpha value is -3.51. The number of aromatic nitrogens is 1. The molecule has 5 nitrogen and oxygen atoms in total. The Morgan fingerprint density at radius 2 is 1.78 bits per heavy atom. The third kappa shape index (κ3) is 4.91. The predicted molar refractivity (Wildman–Crippen MR) is 146 cm³/mol. The molecule has 180 valence electrons. The average molecular weight is 538 g/mol. The van der Waals surface area contributed by atoms with Crippen molar-refractivity contribution in [2.24, 2.45) is 0 Å². The molecule has 0 saturated carbocycles. The molecule has 1 amide bonds. The topological polar surface area (TPSA) is 68.3 Å². The normalized spacial score (nSPS) is 11.5. The Bertz CT molecular complexity index is 1650. The van der Waals surface area contributed by atoms with E-state index in [0.29, 0.717) is 49.3 Å². The van der Waals surface area contributed by atoms with Gasteiger partial charge in [-0.3, -0.25) is 4.79 Å². The molecule has 8 heteroatoms. The van der Waals surface area contributed by atoms with E-state index in [1.165, 1.54) is 6.08 Å². The number of carbonyl (C=O) groups is 1. The monoisotopic (exact) mass is 536 g/mol. The van der Waals surface area contributed by atoms with Gasteiger partial charge in [0.2, 0.25) is 11.8 Å². The van der Waals surface area contributed by atoms with Crippen LogP contribution in [0.25, 0.3) is 40.0 Å². The van der Waals surface area contributed by atoms with Crippen molar-refractivity contribution in [1.82, 2.24) is 4.98 Å². The van der Waals surface area contributed by atoms with Crippen molar-refractivity contribution < 1.29 is 13.6 Å². The van der Waals surface area contributed by atoms with Crippen molar-refractivity contribution >= 4 is 63.6 Å². The highest BCUT2D eigenvalue weighted by Gasteiger charge is 2.14. The van der Waals surface area contributed by atoms with Gasteiger partial charge < -0.3 is 14.2 Å². The smallest absolute Gasteiger partial charge is 0.248 e. The maximum atomic E-state index is 12.6. The predicted octanol–water partition coefficient (Wildman–Crippen LogP) is 8.98. The maximum Gasteiger partial charge on any atom is 0.248 e. The van der Waals surface area contributed by atoms with E-state index in [0.717, 1.165) is 22.2 Å². The minimum Gasteiger partial charge on any atom is -0.457 e. The molecule has 0 saturated heterocycles. The zero-order valence-corrected chi connectivity index (χ0v) is 21.5. The molecule has 0 unspecified atom stereocenters. The fraction of sp³-hybridized carbons (Fsp3) is 0.0714. The number of benzene rings is 3. The minimum atomic E-state index is -0.378. The number of halogens is 3. The third-order valence-corrected chi connectivity index (χ3v) is 6.68. The van der Waals surface area contributed by atoms with Crippen molar-refractivity contribution in [2.45, 2.75) is 13.8 Å². The Labute approximate surface area is 222 Å². The summed E-state index contributed by atoms with van der Waals surface area (Å²) in [4.78, 5) is 17.2. The second-order valence-corrected chi connectivity index (χ2v) is 9.46. The number of furan rings is 1. The van der Waals surface area contributed by atoms with Crippen LogP contribution in [0.5, 0.6) is 0 Å². The maximum absolute atomic E-state index is 12.6. The summed E-state index contributed by atoms with van der Waals surface area (Å²) in [5.41, 5.74) is 5.43. The van der Waals surface area contributed by atoms with Crippen LogP contribution in [0, 0.1) is 13.8 Å². The van der Waals surface area contributed by atoms with Crippen LogP contribution >= 0.6 is 34.8 Å². The lowest BCUT2D eigenvalue weighted by Gasteiger charge is -2.06. The number of nitrogens with zero attached hydrogens (tertiary/aromatic N) is 1. The van der Waals surface area contributed by atoms with E-state index in [1.807, 2.05) is 32.0 Å². The van der Waals surface area contributed by atoms with Crippen LogP contribution in [-0.4, -0.2) is 10.9 Å². The molecule has 36 heavy (non-hydrogen) atoms. The van der Waals surface area contributed by atoms with Crippen LogP contribution in [-0.2, 0) is 4.79 Å². The first-order chi connectivity index (χ1) is 17.3. The van der Waals surface area contributed by atoms with E-state index in [9.17, 15) is 4.79 Å². The van der Waals surface area contributed by atoms with Gasteiger partial charge in [0.1, 0.15) is 17.0 Å². The van der Waals surface area contributed by atoms with Gasteiger partial charge >= 0.3 is 0 Å². The number of nitrogens with one attached hydrogen (secondary N) is 1. The SMILES string of the molecule is Cc1cc(C)c2oc(-c3ccc(Cl)c(NC(=O)/C=C/c4ccc(-c5cccc(Cl)c5Cl)o4)c3)nc2c1. The summed E-state index contributed by atoms with van der Waals surface area (Å²) in [5.74, 6) is 1.09. The molecule has 0 aliphatic rings. The molecule has 0 bridgehead atoms. The van der Waals surface area contributed by atoms with Crippen LogP contribution < -0.4 is 5.32 Å². The Morgan fingerprint density at radius 1 is 0.944 bits per heavy atom. The zero-order chi connectivity index (χ0) is 25.4. The number of hydrogen-bond acceptors (Lipinski definition) is 4. The number of fused-ring (bicyclic) bond motifs is 1. The summed E-state index contributed by atoms with van der Waals surface area (Å²) < 4.78 is 11.8. The lowest BCUT2D eigenvalue weighted by molar-refractivity contribution is -0.111. The average Bonchev–Trinajstić information content (AvgIpc) is 3.48. The van der Waals surface area contributed by atoms with Gasteiger partial charge in [-0.05, 0) is 79.6 Å². The molecular formula is C28H19Cl3N2O3. The number of oxazole rings is 1. The highest BCUT2D eigenvalue weighted by atomic mass is 35.5. The first kappa shape index (κ1) is 24.2. The standard InChI is InChI=1S/C28H19Cl3N2O3/c1-15-12-16(2)27-23(13-15)33-28(36-27)17-6-9-20(29)22(14-17)32-25(34)11-8-18-7-10-24(35-18)19-4-3-5-21(30)26(19)31/h3-14H,1-2H3,(H,32,34)/b11-8+. The van der Waals surface area contributed by atoms with E-state index < -0.39 is 0 Å². The van der Waals surface area contributed by atoms with Crippen LogP contribution in [0.3, 0.4) is 0 Å². The van der Waals surface area contributed by atoms with E-state index in [4.69, 9.17) is 43.6 Å². The van der Waals surface area contributed by atoms with Crippen LogP contribution in [0.1, 0.15) is 16.9 Å². The Kier molecular flexibility index (Phi) is 6.63. The molecule has 0 fully saturated rings. The number of anilines is 1. The summed E-state index contributed by atoms with van der Waals surface area (Å²) in [6.45, 7) is 4.00. The third-order valence-electron chi connectivity index (χ3n) is 5.53. The molecule has 1 N–H and O–H groups in total. The van der Waals surface area contributed by atoms with Crippen LogP contribution in [0.2, 0.25) is 15.1 Å². The van der Waals surface area contributed by atoms with Gasteiger partial charge in [0.25, 0.3) is 0 Å². The zero-order valence-electron chi connectivity index (χ0n) is 19.2. The second-order valence-electron chi connectivity index (χ2n) is 8.27. The lowest BCUT2D eigenvalue weighted by Crippen LogP contribution is -2.08. The first-order valence-electron chi connectivity index (χ1n) is 11.0. The van der Waals surface area contributed by atoms with Crippen LogP contribution in [0.15, 0.2) is 75.6 Å². The summed E-state index contributed by atoms with van der Waals surface area (Å²) in [7, 11) is 0. The number of amides is 1. The number of carbonyl (C=O) groups excluding carboxylic acids is 1. The molecule has 0 aliphatic carbocycles. The van der Waals surface area contributed by atoms with Crippen molar-refractivity contribution in [3.63, 3.8) is 0 Å². The molecule has 0 spiro atoms. The number of aryl methyl sites for hydroxylation is 2. The fourth-order valence-corrected chi connectivity index (χ4v) is 4.43. The van der Waals surface area contributed by atoms with E-state index in [2.05, 4.69) is 10.3 Å². The molecule has 0 atom stereocenters. The summed E-state index contributed by atoms with van der Waals surface area (Å²) in [5, 5.41) is 4.02. The second kappa shape index (κ2) is 9.86. The van der Waals surface area contributed by atoms with Crippen molar-refractivity contribution in [2.75, 3.05) is 5.32 Å². The van der Waals surface area contributed by atoms with Gasteiger partial charge in [0.15, 0.2) is 5.58 Å². The number of hydrogen-bond donors (Lipinski definition) is 1. The first-order valence-corrected chi connectivity index (χ1v) is 12.1. The summed E-state index contributed by atoms with van der Waals surface area (Å²) in [6, 6.07) is 18.0. The summed E-state index contributed by atoms with van der Waals surface area (Å²) >= 11 is 18.7. The molecule has 0 radical (unpaired) electrons. The van der Waals surface area contributed by atoms with Gasteiger partial charge in [-0.1, -0.05) is 46.9 Å². The Morgan fingerprint density at radius 3 is 2.61 bits per heavy atom. The van der Waals surface area contributed by atoms with E-state index in [1.54, 1.807) is 48.5 Å². The summed E-state index contributed by atoms with van der Waals surface area (Å²) in [6.07, 6.45) is 2.91. The molecule has 5 aromatic rings. The molecule has 0 aliphatic heterocycles. The van der Waals surface area contributed by atoms with Gasteiger partial charge in [0.05, 0.1) is 20.8 Å². The highest BCUT2D eigenvalue weighted by molar-refractivity contribution is 6.43.